The predicted molar refractivity (Wildman–Crippen MR) is 186 cm³/mol. The van der Waals surface area contributed by atoms with Crippen LogP contribution in [0.2, 0.25) is 0 Å². The average molecular weight is 582 g/mol. The van der Waals surface area contributed by atoms with E-state index in [4.69, 9.17) is 8.83 Å². The van der Waals surface area contributed by atoms with Crippen LogP contribution >= 0.6 is 11.3 Å². The Labute approximate surface area is 255 Å². The zero-order chi connectivity index (χ0) is 28.8. The molecule has 0 saturated heterocycles. The maximum Gasteiger partial charge on any atom is 0.159 e. The minimum atomic E-state index is 0.862. The molecular formula is C40H23NO2S. The van der Waals surface area contributed by atoms with Gasteiger partial charge in [-0.25, -0.2) is 0 Å². The van der Waals surface area contributed by atoms with Crippen LogP contribution in [-0.2, 0) is 0 Å². The van der Waals surface area contributed by atoms with Gasteiger partial charge in [0.25, 0.3) is 0 Å². The van der Waals surface area contributed by atoms with Crippen molar-refractivity contribution < 1.29 is 8.83 Å². The summed E-state index contributed by atoms with van der Waals surface area (Å²) in [6, 6.07) is 49.2. The number of para-hydroxylation sites is 3. The summed E-state index contributed by atoms with van der Waals surface area (Å²) >= 11 is 1.85. The van der Waals surface area contributed by atoms with E-state index in [1.54, 1.807) is 0 Å². The van der Waals surface area contributed by atoms with Crippen LogP contribution in [0, 0.1) is 0 Å². The van der Waals surface area contributed by atoms with Crippen molar-refractivity contribution in [3.63, 3.8) is 0 Å². The molecule has 10 rings (SSSR count). The maximum atomic E-state index is 6.78. The van der Waals surface area contributed by atoms with Gasteiger partial charge in [-0.3, -0.25) is 0 Å². The quantitative estimate of drug-likeness (QED) is 0.208. The fourth-order valence-electron chi connectivity index (χ4n) is 6.90. The minimum absolute atomic E-state index is 0.862. The Balaban J connectivity index is 1.25. The molecule has 0 saturated carbocycles. The molecule has 3 aromatic heterocycles. The number of nitrogens with zero attached hydrogens (tertiary/aromatic N) is 1. The van der Waals surface area contributed by atoms with Crippen molar-refractivity contribution in [2.45, 2.75) is 0 Å². The molecule has 3 heterocycles. The Hall–Kier alpha value is -5.58. The summed E-state index contributed by atoms with van der Waals surface area (Å²) in [5, 5.41) is 9.67. The standard InChI is InChI=1S/C40H23NO2S/c1-2-10-25(11-3-1)41(26-18-19-29-28-13-6-7-16-33(28)42-35(29)23-26)32-15-8-14-30-38-34(43-39(30)32)21-20-31-37-27-12-5-4-9-24(27)17-22-36(37)44-40(31)38/h1-23H. The van der Waals surface area contributed by atoms with Gasteiger partial charge >= 0.3 is 0 Å². The Morgan fingerprint density at radius 1 is 0.455 bits per heavy atom. The Morgan fingerprint density at radius 2 is 1.23 bits per heavy atom. The maximum absolute atomic E-state index is 6.78. The van der Waals surface area contributed by atoms with E-state index in [1.807, 2.05) is 29.5 Å². The fraction of sp³-hybridized carbons (Fsp3) is 0. The molecule has 0 bridgehead atoms. The van der Waals surface area contributed by atoms with Crippen LogP contribution in [0.1, 0.15) is 0 Å². The van der Waals surface area contributed by atoms with Gasteiger partial charge in [0.2, 0.25) is 0 Å². The third-order valence-electron chi connectivity index (χ3n) is 8.84. The van der Waals surface area contributed by atoms with E-state index in [2.05, 4.69) is 126 Å². The van der Waals surface area contributed by atoms with E-state index in [-0.39, 0.29) is 0 Å². The summed E-state index contributed by atoms with van der Waals surface area (Å²) in [5.41, 5.74) is 6.57. The molecule has 0 radical (unpaired) electrons. The fourth-order valence-corrected chi connectivity index (χ4v) is 8.18. The number of thiophene rings is 1. The van der Waals surface area contributed by atoms with Gasteiger partial charge in [0, 0.05) is 53.5 Å². The SMILES string of the molecule is c1ccc(N(c2ccc3c(c2)oc2ccccc23)c2cccc3c2oc2ccc4c(sc5ccc6ccccc6c54)c23)cc1. The van der Waals surface area contributed by atoms with Gasteiger partial charge in [-0.15, -0.1) is 11.3 Å². The largest absolute Gasteiger partial charge is 0.456 e. The Kier molecular flexibility index (Phi) is 4.87. The third-order valence-corrected chi connectivity index (χ3v) is 10.0. The predicted octanol–water partition coefficient (Wildman–Crippen LogP) is 12.5. The summed E-state index contributed by atoms with van der Waals surface area (Å²) in [6.45, 7) is 0. The lowest BCUT2D eigenvalue weighted by Gasteiger charge is -2.25. The lowest BCUT2D eigenvalue weighted by atomic mass is 10.0. The second-order valence-corrected chi connectivity index (χ2v) is 12.3. The number of hydrogen-bond acceptors (Lipinski definition) is 4. The molecule has 3 nitrogen and oxygen atoms in total. The van der Waals surface area contributed by atoms with Crippen molar-refractivity contribution >= 4 is 103 Å². The van der Waals surface area contributed by atoms with Crippen molar-refractivity contribution in [3.05, 3.63) is 140 Å². The zero-order valence-corrected chi connectivity index (χ0v) is 24.3. The van der Waals surface area contributed by atoms with Gasteiger partial charge in [0.05, 0.1) is 11.4 Å². The summed E-state index contributed by atoms with van der Waals surface area (Å²) in [7, 11) is 0. The number of hydrogen-bond donors (Lipinski definition) is 0. The monoisotopic (exact) mass is 581 g/mol. The molecule has 0 aliphatic rings. The molecule has 10 aromatic rings. The minimum Gasteiger partial charge on any atom is -0.456 e. The highest BCUT2D eigenvalue weighted by molar-refractivity contribution is 7.27. The van der Waals surface area contributed by atoms with Crippen molar-refractivity contribution in [3.8, 4) is 0 Å². The molecule has 206 valence electrons. The van der Waals surface area contributed by atoms with E-state index in [9.17, 15) is 0 Å². The van der Waals surface area contributed by atoms with E-state index >= 15 is 0 Å². The Bertz CT molecular complexity index is 2730. The van der Waals surface area contributed by atoms with E-state index in [1.165, 1.54) is 36.3 Å². The van der Waals surface area contributed by atoms with Gasteiger partial charge in [-0.2, -0.15) is 0 Å². The van der Waals surface area contributed by atoms with Crippen LogP contribution in [-0.4, -0.2) is 0 Å². The summed E-state index contributed by atoms with van der Waals surface area (Å²) in [6.07, 6.45) is 0. The number of furan rings is 2. The first-order chi connectivity index (χ1) is 21.8. The molecule has 0 aliphatic heterocycles. The first-order valence-corrected chi connectivity index (χ1v) is 15.6. The normalized spacial score (nSPS) is 12.1. The third kappa shape index (κ3) is 3.31. The van der Waals surface area contributed by atoms with Crippen LogP contribution in [0.4, 0.5) is 17.1 Å². The molecule has 0 spiro atoms. The molecule has 44 heavy (non-hydrogen) atoms. The molecule has 0 fully saturated rings. The summed E-state index contributed by atoms with van der Waals surface area (Å²) in [4.78, 5) is 2.27. The molecule has 0 amide bonds. The first-order valence-electron chi connectivity index (χ1n) is 14.8. The van der Waals surface area contributed by atoms with E-state index in [0.29, 0.717) is 0 Å². The van der Waals surface area contributed by atoms with Gasteiger partial charge < -0.3 is 13.7 Å². The van der Waals surface area contributed by atoms with Gasteiger partial charge in [-0.1, -0.05) is 78.9 Å². The van der Waals surface area contributed by atoms with Crippen LogP contribution in [0.5, 0.6) is 0 Å². The van der Waals surface area contributed by atoms with E-state index in [0.717, 1.165) is 55.6 Å². The second-order valence-electron chi connectivity index (χ2n) is 11.3. The van der Waals surface area contributed by atoms with Crippen molar-refractivity contribution in [2.75, 3.05) is 4.90 Å². The molecular weight excluding hydrogens is 559 g/mol. The van der Waals surface area contributed by atoms with Gasteiger partial charge in [0.15, 0.2) is 5.58 Å². The number of rotatable bonds is 3. The highest BCUT2D eigenvalue weighted by Crippen LogP contribution is 2.48. The van der Waals surface area contributed by atoms with Crippen molar-refractivity contribution in [1.29, 1.82) is 0 Å². The van der Waals surface area contributed by atoms with Crippen molar-refractivity contribution in [1.82, 2.24) is 0 Å². The number of fused-ring (bicyclic) bond motifs is 12. The van der Waals surface area contributed by atoms with Crippen molar-refractivity contribution in [2.24, 2.45) is 0 Å². The molecule has 0 aliphatic carbocycles. The lowest BCUT2D eigenvalue weighted by Crippen LogP contribution is -2.09. The van der Waals surface area contributed by atoms with E-state index < -0.39 is 0 Å². The highest BCUT2D eigenvalue weighted by Gasteiger charge is 2.22. The van der Waals surface area contributed by atoms with Crippen LogP contribution < -0.4 is 4.90 Å². The first kappa shape index (κ1) is 23.9. The molecule has 0 unspecified atom stereocenters. The van der Waals surface area contributed by atoms with Gasteiger partial charge in [0.1, 0.15) is 16.7 Å². The number of benzene rings is 7. The molecule has 7 aromatic carbocycles. The van der Waals surface area contributed by atoms with Crippen LogP contribution in [0.3, 0.4) is 0 Å². The average Bonchev–Trinajstić information content (AvgIpc) is 3.76. The van der Waals surface area contributed by atoms with Crippen LogP contribution in [0.25, 0.3) is 74.8 Å². The smallest absolute Gasteiger partial charge is 0.159 e. The zero-order valence-electron chi connectivity index (χ0n) is 23.5. The van der Waals surface area contributed by atoms with Gasteiger partial charge in [-0.05, 0) is 65.4 Å². The Morgan fingerprint density at radius 3 is 2.16 bits per heavy atom. The topological polar surface area (TPSA) is 29.5 Å². The summed E-state index contributed by atoms with van der Waals surface area (Å²) < 4.78 is 15.6. The van der Waals surface area contributed by atoms with Crippen LogP contribution in [0.15, 0.2) is 148 Å². The molecule has 4 heteroatoms. The summed E-state index contributed by atoms with van der Waals surface area (Å²) in [5.74, 6) is 0. The number of anilines is 3. The lowest BCUT2D eigenvalue weighted by molar-refractivity contribution is 0.667. The second kappa shape index (κ2) is 8.96. The molecule has 0 N–H and O–H groups in total. The highest BCUT2D eigenvalue weighted by atomic mass is 32.1. The molecule has 0 atom stereocenters.